The van der Waals surface area contributed by atoms with Crippen LogP contribution in [0.4, 0.5) is 5.82 Å². The van der Waals surface area contributed by atoms with Crippen molar-refractivity contribution in [3.8, 4) is 0 Å². The summed E-state index contributed by atoms with van der Waals surface area (Å²) in [4.78, 5) is 8.08. The van der Waals surface area contributed by atoms with Crippen molar-refractivity contribution < 1.29 is 0 Å². The molecular formula is C13H14BrClN2S. The van der Waals surface area contributed by atoms with E-state index in [-0.39, 0.29) is 0 Å². The molecule has 0 bridgehead atoms. The Morgan fingerprint density at radius 2 is 2.33 bits per heavy atom. The van der Waals surface area contributed by atoms with Crippen molar-refractivity contribution in [3.63, 3.8) is 0 Å². The van der Waals surface area contributed by atoms with Crippen LogP contribution in [0, 0.1) is 0 Å². The first-order valence-corrected chi connectivity index (χ1v) is 7.93. The van der Waals surface area contributed by atoms with Gasteiger partial charge in [-0.1, -0.05) is 6.07 Å². The number of anilines is 1. The van der Waals surface area contributed by atoms with E-state index in [1.165, 1.54) is 4.88 Å². The van der Waals surface area contributed by atoms with Gasteiger partial charge in [0, 0.05) is 27.7 Å². The molecule has 0 unspecified atom stereocenters. The number of alkyl halides is 1. The maximum atomic E-state index is 6.00. The highest BCUT2D eigenvalue weighted by atomic mass is 79.9. The molecule has 96 valence electrons. The normalized spacial score (nSPS) is 10.6. The van der Waals surface area contributed by atoms with Gasteiger partial charge in [0.2, 0.25) is 0 Å². The zero-order valence-corrected chi connectivity index (χ0v) is 13.2. The van der Waals surface area contributed by atoms with E-state index in [0.717, 1.165) is 28.9 Å². The summed E-state index contributed by atoms with van der Waals surface area (Å²) in [5.41, 5.74) is 1.06. The number of rotatable bonds is 5. The van der Waals surface area contributed by atoms with Crippen molar-refractivity contribution >= 4 is 44.7 Å². The second kappa shape index (κ2) is 6.55. The largest absolute Gasteiger partial charge is 0.351 e. The molecule has 0 fully saturated rings. The van der Waals surface area contributed by atoms with Crippen LogP contribution in [0.25, 0.3) is 0 Å². The van der Waals surface area contributed by atoms with Crippen LogP contribution in [0.3, 0.4) is 0 Å². The van der Waals surface area contributed by atoms with E-state index < -0.39 is 0 Å². The lowest BCUT2D eigenvalue weighted by Crippen LogP contribution is -2.23. The first kappa shape index (κ1) is 13.8. The lowest BCUT2D eigenvalue weighted by Gasteiger charge is -2.23. The van der Waals surface area contributed by atoms with Crippen molar-refractivity contribution in [2.45, 2.75) is 19.3 Å². The Kier molecular flexibility index (Phi) is 5.03. The van der Waals surface area contributed by atoms with Crippen molar-refractivity contribution in [1.29, 1.82) is 0 Å². The zero-order valence-electron chi connectivity index (χ0n) is 10.1. The first-order valence-electron chi connectivity index (χ1n) is 5.72. The molecule has 18 heavy (non-hydrogen) atoms. The van der Waals surface area contributed by atoms with Crippen LogP contribution in [0.5, 0.6) is 0 Å². The minimum absolute atomic E-state index is 0.475. The monoisotopic (exact) mass is 344 g/mol. The Morgan fingerprint density at radius 3 is 2.94 bits per heavy atom. The molecule has 5 heteroatoms. The van der Waals surface area contributed by atoms with Gasteiger partial charge in [0.05, 0.1) is 12.4 Å². The summed E-state index contributed by atoms with van der Waals surface area (Å²) in [5.74, 6) is 1.45. The molecule has 2 rings (SSSR count). The summed E-state index contributed by atoms with van der Waals surface area (Å²) in [6.45, 7) is 3.93. The van der Waals surface area contributed by atoms with Crippen molar-refractivity contribution in [2.75, 3.05) is 11.4 Å². The molecule has 0 spiro atoms. The minimum atomic E-state index is 0.475. The van der Waals surface area contributed by atoms with Gasteiger partial charge in [-0.25, -0.2) is 4.98 Å². The van der Waals surface area contributed by atoms with E-state index in [1.807, 2.05) is 12.3 Å². The quantitative estimate of drug-likeness (QED) is 0.732. The predicted octanol–water partition coefficient (Wildman–Crippen LogP) is 4.67. The van der Waals surface area contributed by atoms with Crippen molar-refractivity contribution in [3.05, 3.63) is 44.7 Å². The van der Waals surface area contributed by atoms with E-state index in [4.69, 9.17) is 11.6 Å². The fraction of sp³-hybridized carbons (Fsp3) is 0.308. The van der Waals surface area contributed by atoms with Crippen LogP contribution in [0.2, 0.25) is 0 Å². The van der Waals surface area contributed by atoms with E-state index in [2.05, 4.69) is 50.3 Å². The second-order valence-corrected chi connectivity index (χ2v) is 6.08. The first-order chi connectivity index (χ1) is 8.74. The Hall–Kier alpha value is -0.580. The summed E-state index contributed by atoms with van der Waals surface area (Å²) >= 11 is 11.2. The van der Waals surface area contributed by atoms with Crippen molar-refractivity contribution in [1.82, 2.24) is 4.98 Å². The molecule has 0 saturated carbocycles. The number of halogens is 2. The zero-order chi connectivity index (χ0) is 13.0. The van der Waals surface area contributed by atoms with E-state index in [9.17, 15) is 0 Å². The van der Waals surface area contributed by atoms with Gasteiger partial charge in [-0.05, 0) is 40.4 Å². The van der Waals surface area contributed by atoms with Gasteiger partial charge < -0.3 is 4.90 Å². The molecule has 0 aliphatic carbocycles. The molecular weight excluding hydrogens is 332 g/mol. The standard InChI is InChI=1S/C13H14BrClN2S/c1-2-17(9-12-4-3-5-18-12)13-10(7-15)6-11(14)8-16-13/h3-6,8H,2,7,9H2,1H3. The fourth-order valence-corrected chi connectivity index (χ4v) is 3.08. The number of pyridine rings is 1. The summed E-state index contributed by atoms with van der Waals surface area (Å²) in [6.07, 6.45) is 1.82. The van der Waals surface area contributed by atoms with E-state index >= 15 is 0 Å². The Morgan fingerprint density at radius 1 is 1.50 bits per heavy atom. The summed E-state index contributed by atoms with van der Waals surface area (Å²) in [5, 5.41) is 2.10. The highest BCUT2D eigenvalue weighted by molar-refractivity contribution is 9.10. The van der Waals surface area contributed by atoms with Gasteiger partial charge >= 0.3 is 0 Å². The number of nitrogens with zero attached hydrogens (tertiary/aromatic N) is 2. The van der Waals surface area contributed by atoms with Crippen LogP contribution in [-0.4, -0.2) is 11.5 Å². The van der Waals surface area contributed by atoms with Gasteiger partial charge in [0.15, 0.2) is 0 Å². The van der Waals surface area contributed by atoms with Gasteiger partial charge in [-0.15, -0.1) is 22.9 Å². The van der Waals surface area contributed by atoms with E-state index in [1.54, 1.807) is 11.3 Å². The number of hydrogen-bond acceptors (Lipinski definition) is 3. The summed E-state index contributed by atoms with van der Waals surface area (Å²) in [6, 6.07) is 6.25. The average molecular weight is 346 g/mol. The molecule has 2 nitrogen and oxygen atoms in total. The molecule has 2 heterocycles. The number of aromatic nitrogens is 1. The topological polar surface area (TPSA) is 16.1 Å². The molecule has 0 atom stereocenters. The highest BCUT2D eigenvalue weighted by Gasteiger charge is 2.12. The third-order valence-corrected chi connectivity index (χ3v) is 4.24. The van der Waals surface area contributed by atoms with Crippen molar-refractivity contribution in [2.24, 2.45) is 0 Å². The van der Waals surface area contributed by atoms with E-state index in [0.29, 0.717) is 5.88 Å². The molecule has 0 aliphatic heterocycles. The van der Waals surface area contributed by atoms with Gasteiger partial charge in [-0.2, -0.15) is 0 Å². The average Bonchev–Trinajstić information content (AvgIpc) is 2.89. The fourth-order valence-electron chi connectivity index (χ4n) is 1.78. The molecule has 0 saturated heterocycles. The number of thiophene rings is 1. The lowest BCUT2D eigenvalue weighted by molar-refractivity contribution is 0.816. The molecule has 0 aliphatic rings. The maximum Gasteiger partial charge on any atom is 0.133 e. The third-order valence-electron chi connectivity index (χ3n) is 2.66. The van der Waals surface area contributed by atoms with Crippen LogP contribution in [0.1, 0.15) is 17.4 Å². The molecule has 0 amide bonds. The molecule has 0 N–H and O–H groups in total. The van der Waals surface area contributed by atoms with Gasteiger partial charge in [0.1, 0.15) is 5.82 Å². The predicted molar refractivity (Wildman–Crippen MR) is 82.5 cm³/mol. The van der Waals surface area contributed by atoms with Gasteiger partial charge in [-0.3, -0.25) is 0 Å². The molecule has 0 radical (unpaired) electrons. The smallest absolute Gasteiger partial charge is 0.133 e. The maximum absolute atomic E-state index is 6.00. The summed E-state index contributed by atoms with van der Waals surface area (Å²) in [7, 11) is 0. The third kappa shape index (κ3) is 3.25. The summed E-state index contributed by atoms with van der Waals surface area (Å²) < 4.78 is 0.967. The van der Waals surface area contributed by atoms with Crippen LogP contribution < -0.4 is 4.90 Å². The molecule has 0 aromatic carbocycles. The lowest BCUT2D eigenvalue weighted by atomic mass is 10.2. The SMILES string of the molecule is CCN(Cc1cccs1)c1ncc(Br)cc1CCl. The minimum Gasteiger partial charge on any atom is -0.351 e. The Bertz CT molecular complexity index is 502. The Labute approximate surface area is 125 Å². The van der Waals surface area contributed by atoms with Crippen LogP contribution in [0.15, 0.2) is 34.2 Å². The second-order valence-electron chi connectivity index (χ2n) is 3.86. The molecule has 2 aromatic heterocycles. The number of hydrogen-bond donors (Lipinski definition) is 0. The van der Waals surface area contributed by atoms with Gasteiger partial charge in [0.25, 0.3) is 0 Å². The Balaban J connectivity index is 2.26. The van der Waals surface area contributed by atoms with Crippen LogP contribution >= 0.6 is 38.9 Å². The molecule has 2 aromatic rings. The van der Waals surface area contributed by atoms with Crippen LogP contribution in [-0.2, 0) is 12.4 Å². The highest BCUT2D eigenvalue weighted by Crippen LogP contribution is 2.25.